The van der Waals surface area contributed by atoms with Gasteiger partial charge in [0.05, 0.1) is 12.8 Å². The van der Waals surface area contributed by atoms with E-state index in [1.807, 2.05) is 25.1 Å². The Balaban J connectivity index is 2.55. The lowest BCUT2D eigenvalue weighted by molar-refractivity contribution is 0.412. The van der Waals surface area contributed by atoms with Gasteiger partial charge < -0.3 is 10.5 Å². The third kappa shape index (κ3) is 2.26. The highest BCUT2D eigenvalue weighted by Gasteiger charge is 2.08. The number of aryl methyl sites for hydroxylation is 1. The standard InChI is InChI=1S/C13H15N3O2/c1-8-5-9(3-4-11(8)18-2)13-10(7-14)6-12(17)15-16-13/h3-6H,7,14H2,1-2H3,(H,15,17). The molecule has 1 aromatic carbocycles. The van der Waals surface area contributed by atoms with Gasteiger partial charge in [-0.3, -0.25) is 4.79 Å². The summed E-state index contributed by atoms with van der Waals surface area (Å²) >= 11 is 0. The van der Waals surface area contributed by atoms with Gasteiger partial charge in [0.1, 0.15) is 5.75 Å². The number of benzene rings is 1. The van der Waals surface area contributed by atoms with Crippen LogP contribution in [0.1, 0.15) is 11.1 Å². The quantitative estimate of drug-likeness (QED) is 0.851. The van der Waals surface area contributed by atoms with E-state index in [0.29, 0.717) is 5.69 Å². The highest BCUT2D eigenvalue weighted by molar-refractivity contribution is 5.64. The maximum Gasteiger partial charge on any atom is 0.264 e. The molecule has 0 bridgehead atoms. The van der Waals surface area contributed by atoms with Crippen molar-refractivity contribution in [3.63, 3.8) is 0 Å². The fraction of sp³-hybridized carbons (Fsp3) is 0.231. The Labute approximate surface area is 105 Å². The Kier molecular flexibility index (Phi) is 3.43. The lowest BCUT2D eigenvalue weighted by atomic mass is 10.0. The molecule has 0 radical (unpaired) electrons. The maximum absolute atomic E-state index is 11.2. The number of H-pyrrole nitrogens is 1. The van der Waals surface area contributed by atoms with Gasteiger partial charge in [0.25, 0.3) is 5.56 Å². The molecule has 2 aromatic rings. The fourth-order valence-corrected chi connectivity index (χ4v) is 1.87. The summed E-state index contributed by atoms with van der Waals surface area (Å²) in [6.07, 6.45) is 0. The Morgan fingerprint density at radius 3 is 2.78 bits per heavy atom. The first-order valence-corrected chi connectivity index (χ1v) is 5.59. The number of nitrogens with one attached hydrogen (secondary N) is 1. The van der Waals surface area contributed by atoms with Crippen molar-refractivity contribution >= 4 is 0 Å². The smallest absolute Gasteiger partial charge is 0.264 e. The lowest BCUT2D eigenvalue weighted by Crippen LogP contribution is -2.12. The molecule has 1 heterocycles. The molecule has 5 nitrogen and oxygen atoms in total. The summed E-state index contributed by atoms with van der Waals surface area (Å²) in [6.45, 7) is 2.23. The van der Waals surface area contributed by atoms with Gasteiger partial charge in [-0.15, -0.1) is 0 Å². The second-order valence-electron chi connectivity index (χ2n) is 3.99. The molecule has 0 unspecified atom stereocenters. The molecule has 1 aromatic heterocycles. The van der Waals surface area contributed by atoms with Crippen molar-refractivity contribution in [1.82, 2.24) is 10.2 Å². The van der Waals surface area contributed by atoms with Gasteiger partial charge in [-0.25, -0.2) is 5.10 Å². The second kappa shape index (κ2) is 5.01. The van der Waals surface area contributed by atoms with Crippen molar-refractivity contribution < 1.29 is 4.74 Å². The van der Waals surface area contributed by atoms with Crippen molar-refractivity contribution in [2.75, 3.05) is 7.11 Å². The van der Waals surface area contributed by atoms with E-state index >= 15 is 0 Å². The number of aromatic nitrogens is 2. The Morgan fingerprint density at radius 1 is 1.39 bits per heavy atom. The van der Waals surface area contributed by atoms with Gasteiger partial charge in [0, 0.05) is 18.2 Å². The summed E-state index contributed by atoms with van der Waals surface area (Å²) < 4.78 is 5.21. The molecule has 0 saturated carbocycles. The van der Waals surface area contributed by atoms with E-state index in [1.54, 1.807) is 7.11 Å². The normalized spacial score (nSPS) is 10.4. The molecule has 0 fully saturated rings. The number of methoxy groups -OCH3 is 1. The highest BCUT2D eigenvalue weighted by Crippen LogP contribution is 2.25. The molecule has 18 heavy (non-hydrogen) atoms. The van der Waals surface area contributed by atoms with Gasteiger partial charge in [0.2, 0.25) is 0 Å². The van der Waals surface area contributed by atoms with Crippen LogP contribution in [0.5, 0.6) is 5.75 Å². The summed E-state index contributed by atoms with van der Waals surface area (Å²) in [4.78, 5) is 11.2. The molecule has 94 valence electrons. The van der Waals surface area contributed by atoms with Gasteiger partial charge in [0.15, 0.2) is 0 Å². The number of ether oxygens (including phenoxy) is 1. The minimum atomic E-state index is -0.246. The van der Waals surface area contributed by atoms with E-state index < -0.39 is 0 Å². The zero-order valence-corrected chi connectivity index (χ0v) is 10.4. The third-order valence-electron chi connectivity index (χ3n) is 2.78. The molecule has 0 aliphatic heterocycles. The Bertz CT molecular complexity index is 620. The molecule has 0 amide bonds. The zero-order chi connectivity index (χ0) is 13.1. The zero-order valence-electron chi connectivity index (χ0n) is 10.4. The van der Waals surface area contributed by atoms with Gasteiger partial charge in [-0.05, 0) is 36.2 Å². The summed E-state index contributed by atoms with van der Waals surface area (Å²) in [6, 6.07) is 7.20. The predicted molar refractivity (Wildman–Crippen MR) is 69.5 cm³/mol. The van der Waals surface area contributed by atoms with Crippen LogP contribution in [0.2, 0.25) is 0 Å². The summed E-state index contributed by atoms with van der Waals surface area (Å²) in [5.74, 6) is 0.817. The van der Waals surface area contributed by atoms with Crippen LogP contribution in [0, 0.1) is 6.92 Å². The van der Waals surface area contributed by atoms with Crippen molar-refractivity contribution in [2.45, 2.75) is 13.5 Å². The summed E-state index contributed by atoms with van der Waals surface area (Å²) in [5, 5.41) is 6.49. The lowest BCUT2D eigenvalue weighted by Gasteiger charge is -2.09. The van der Waals surface area contributed by atoms with E-state index in [-0.39, 0.29) is 12.1 Å². The molecule has 0 spiro atoms. The van der Waals surface area contributed by atoms with Crippen LogP contribution in [-0.2, 0) is 6.54 Å². The maximum atomic E-state index is 11.2. The molecular formula is C13H15N3O2. The third-order valence-corrected chi connectivity index (χ3v) is 2.78. The molecular weight excluding hydrogens is 230 g/mol. The van der Waals surface area contributed by atoms with Crippen LogP contribution >= 0.6 is 0 Å². The number of rotatable bonds is 3. The first-order valence-electron chi connectivity index (χ1n) is 5.59. The van der Waals surface area contributed by atoms with E-state index in [4.69, 9.17) is 10.5 Å². The molecule has 0 saturated heterocycles. The van der Waals surface area contributed by atoms with Crippen molar-refractivity contribution in [2.24, 2.45) is 5.73 Å². The van der Waals surface area contributed by atoms with Crippen LogP contribution < -0.4 is 16.0 Å². The molecule has 3 N–H and O–H groups in total. The van der Waals surface area contributed by atoms with Crippen LogP contribution in [0.25, 0.3) is 11.3 Å². The Morgan fingerprint density at radius 2 is 2.17 bits per heavy atom. The van der Waals surface area contributed by atoms with E-state index in [9.17, 15) is 4.79 Å². The molecule has 0 aliphatic rings. The number of nitrogens with zero attached hydrogens (tertiary/aromatic N) is 1. The van der Waals surface area contributed by atoms with E-state index in [1.165, 1.54) is 6.07 Å². The van der Waals surface area contributed by atoms with Gasteiger partial charge >= 0.3 is 0 Å². The number of nitrogens with two attached hydrogens (primary N) is 1. The van der Waals surface area contributed by atoms with Crippen molar-refractivity contribution in [1.29, 1.82) is 0 Å². The average molecular weight is 245 g/mol. The largest absolute Gasteiger partial charge is 0.496 e. The predicted octanol–water partition coefficient (Wildman–Crippen LogP) is 1.21. The SMILES string of the molecule is COc1ccc(-c2n[nH]c(=O)cc2CN)cc1C. The second-order valence-corrected chi connectivity index (χ2v) is 3.99. The van der Waals surface area contributed by atoms with Gasteiger partial charge in [-0.1, -0.05) is 0 Å². The van der Waals surface area contributed by atoms with Crippen LogP contribution in [0.4, 0.5) is 0 Å². The number of aromatic amines is 1. The minimum Gasteiger partial charge on any atom is -0.496 e. The minimum absolute atomic E-state index is 0.246. The molecule has 2 rings (SSSR count). The van der Waals surface area contributed by atoms with Crippen LogP contribution in [0.3, 0.4) is 0 Å². The van der Waals surface area contributed by atoms with Crippen molar-refractivity contribution in [3.8, 4) is 17.0 Å². The molecule has 0 atom stereocenters. The number of hydrogen-bond acceptors (Lipinski definition) is 4. The first-order chi connectivity index (χ1) is 8.65. The molecule has 0 aliphatic carbocycles. The van der Waals surface area contributed by atoms with Crippen LogP contribution in [-0.4, -0.2) is 17.3 Å². The van der Waals surface area contributed by atoms with Crippen LogP contribution in [0.15, 0.2) is 29.1 Å². The van der Waals surface area contributed by atoms with E-state index in [2.05, 4.69) is 10.2 Å². The monoisotopic (exact) mass is 245 g/mol. The highest BCUT2D eigenvalue weighted by atomic mass is 16.5. The summed E-state index contributed by atoms with van der Waals surface area (Å²) in [7, 11) is 1.63. The fourth-order valence-electron chi connectivity index (χ4n) is 1.87. The number of hydrogen-bond donors (Lipinski definition) is 2. The topological polar surface area (TPSA) is 81.0 Å². The molecule has 5 heteroatoms. The van der Waals surface area contributed by atoms with Crippen molar-refractivity contribution in [3.05, 3.63) is 45.7 Å². The summed E-state index contributed by atoms with van der Waals surface area (Å²) in [5.41, 5.74) is 8.72. The first kappa shape index (κ1) is 12.3. The van der Waals surface area contributed by atoms with E-state index in [0.717, 1.165) is 22.4 Å². The average Bonchev–Trinajstić information content (AvgIpc) is 2.38. The Hall–Kier alpha value is -2.14. The van der Waals surface area contributed by atoms with Gasteiger partial charge in [-0.2, -0.15) is 5.10 Å².